The van der Waals surface area contributed by atoms with Gasteiger partial charge in [0.1, 0.15) is 17.5 Å². The average molecular weight is 327 g/mol. The normalized spacial score (nSPS) is 10.8. The summed E-state index contributed by atoms with van der Waals surface area (Å²) in [6.45, 7) is 0.218. The minimum Gasteiger partial charge on any atom is -0.482 e. The summed E-state index contributed by atoms with van der Waals surface area (Å²) in [6.07, 6.45) is 2.99. The van der Waals surface area contributed by atoms with Crippen LogP contribution in [0.2, 0.25) is 0 Å². The van der Waals surface area contributed by atoms with Gasteiger partial charge in [-0.15, -0.1) is 0 Å². The van der Waals surface area contributed by atoms with E-state index in [1.54, 1.807) is 13.2 Å². The topological polar surface area (TPSA) is 88.7 Å². The van der Waals surface area contributed by atoms with E-state index in [1.165, 1.54) is 11.2 Å². The second kappa shape index (κ2) is 7.10. The largest absolute Gasteiger partial charge is 0.482 e. The molecule has 0 saturated heterocycles. The number of carbonyl (C=O) groups is 1. The van der Waals surface area contributed by atoms with E-state index < -0.39 is 0 Å². The SMILES string of the molecule is CN(CCO)C(=O)c1coc(COc2cccc3cccnc23)n1. The maximum absolute atomic E-state index is 12.0. The van der Waals surface area contributed by atoms with E-state index in [1.807, 2.05) is 30.3 Å². The fraction of sp³-hybridized carbons (Fsp3) is 0.235. The number of para-hydroxylation sites is 1. The van der Waals surface area contributed by atoms with Gasteiger partial charge in [0.05, 0.1) is 6.61 Å². The number of amides is 1. The van der Waals surface area contributed by atoms with Gasteiger partial charge in [0, 0.05) is 25.2 Å². The van der Waals surface area contributed by atoms with Crippen LogP contribution in [0.15, 0.2) is 47.2 Å². The van der Waals surface area contributed by atoms with E-state index in [0.29, 0.717) is 11.6 Å². The van der Waals surface area contributed by atoms with Gasteiger partial charge < -0.3 is 19.2 Å². The number of rotatable bonds is 6. The molecule has 7 nitrogen and oxygen atoms in total. The third-order valence-corrected chi connectivity index (χ3v) is 3.50. The van der Waals surface area contributed by atoms with Crippen LogP contribution in [0.5, 0.6) is 5.75 Å². The molecule has 3 aromatic rings. The first-order valence-corrected chi connectivity index (χ1v) is 7.46. The van der Waals surface area contributed by atoms with Crippen LogP contribution in [-0.2, 0) is 6.61 Å². The summed E-state index contributed by atoms with van der Waals surface area (Å²) in [7, 11) is 1.59. The molecule has 0 saturated carbocycles. The molecule has 0 spiro atoms. The van der Waals surface area contributed by atoms with Gasteiger partial charge in [0.15, 0.2) is 12.3 Å². The standard InChI is InChI=1S/C17H17N3O4/c1-20(8-9-21)17(22)13-10-24-15(19-13)11-23-14-6-2-4-12-5-3-7-18-16(12)14/h2-7,10,21H,8-9,11H2,1H3. The molecule has 0 aliphatic heterocycles. The van der Waals surface area contributed by atoms with Crippen molar-refractivity contribution >= 4 is 16.8 Å². The van der Waals surface area contributed by atoms with Gasteiger partial charge in [-0.3, -0.25) is 9.78 Å². The molecular weight excluding hydrogens is 310 g/mol. The maximum Gasteiger partial charge on any atom is 0.275 e. The number of benzene rings is 1. The number of aliphatic hydroxyl groups excluding tert-OH is 1. The van der Waals surface area contributed by atoms with Crippen molar-refractivity contribution in [1.82, 2.24) is 14.9 Å². The highest BCUT2D eigenvalue weighted by Gasteiger charge is 2.16. The number of fused-ring (bicyclic) bond motifs is 1. The minimum atomic E-state index is -0.314. The molecule has 3 rings (SSSR count). The Balaban J connectivity index is 1.70. The average Bonchev–Trinajstić information content (AvgIpc) is 3.08. The third-order valence-electron chi connectivity index (χ3n) is 3.50. The van der Waals surface area contributed by atoms with Crippen LogP contribution in [-0.4, -0.2) is 46.1 Å². The minimum absolute atomic E-state index is 0.0900. The molecule has 0 fully saturated rings. The van der Waals surface area contributed by atoms with Gasteiger partial charge in [-0.25, -0.2) is 4.98 Å². The number of ether oxygens (including phenoxy) is 1. The van der Waals surface area contributed by atoms with Crippen LogP contribution >= 0.6 is 0 Å². The molecule has 1 N–H and O–H groups in total. The second-order valence-electron chi connectivity index (χ2n) is 5.20. The highest BCUT2D eigenvalue weighted by Crippen LogP contribution is 2.23. The molecule has 0 atom stereocenters. The lowest BCUT2D eigenvalue weighted by molar-refractivity contribution is 0.0761. The molecule has 0 aliphatic rings. The highest BCUT2D eigenvalue weighted by molar-refractivity contribution is 5.91. The van der Waals surface area contributed by atoms with Crippen molar-refractivity contribution in [3.63, 3.8) is 0 Å². The molecule has 0 radical (unpaired) electrons. The van der Waals surface area contributed by atoms with Gasteiger partial charge in [0.25, 0.3) is 5.91 Å². The van der Waals surface area contributed by atoms with E-state index in [2.05, 4.69) is 9.97 Å². The van der Waals surface area contributed by atoms with Crippen LogP contribution in [0.25, 0.3) is 10.9 Å². The molecule has 7 heteroatoms. The number of aromatic nitrogens is 2. The van der Waals surface area contributed by atoms with Gasteiger partial charge in [-0.1, -0.05) is 18.2 Å². The fourth-order valence-electron chi connectivity index (χ4n) is 2.25. The first-order valence-electron chi connectivity index (χ1n) is 7.46. The smallest absolute Gasteiger partial charge is 0.275 e. The molecule has 1 aromatic carbocycles. The summed E-state index contributed by atoms with van der Waals surface area (Å²) in [5.41, 5.74) is 0.936. The molecule has 2 heterocycles. The van der Waals surface area contributed by atoms with Crippen LogP contribution in [0, 0.1) is 0 Å². The predicted octanol–water partition coefficient (Wildman–Crippen LogP) is 1.87. The Morgan fingerprint density at radius 2 is 2.17 bits per heavy atom. The number of aliphatic hydroxyl groups is 1. The number of hydrogen-bond acceptors (Lipinski definition) is 6. The Bertz CT molecular complexity index is 841. The molecule has 124 valence electrons. The highest BCUT2D eigenvalue weighted by atomic mass is 16.5. The number of likely N-dealkylation sites (N-methyl/N-ethyl adjacent to an activating group) is 1. The van der Waals surface area contributed by atoms with E-state index >= 15 is 0 Å². The second-order valence-corrected chi connectivity index (χ2v) is 5.20. The predicted molar refractivity (Wildman–Crippen MR) is 86.6 cm³/mol. The van der Waals surface area contributed by atoms with Crippen molar-refractivity contribution in [3.05, 3.63) is 54.4 Å². The van der Waals surface area contributed by atoms with E-state index in [0.717, 1.165) is 10.9 Å². The van der Waals surface area contributed by atoms with Gasteiger partial charge in [-0.05, 0) is 12.1 Å². The van der Waals surface area contributed by atoms with Crippen molar-refractivity contribution in [2.75, 3.05) is 20.2 Å². The Morgan fingerprint density at radius 3 is 3.00 bits per heavy atom. The Morgan fingerprint density at radius 1 is 1.33 bits per heavy atom. The van der Waals surface area contributed by atoms with E-state index in [-0.39, 0.29) is 31.4 Å². The van der Waals surface area contributed by atoms with E-state index in [4.69, 9.17) is 14.3 Å². The zero-order valence-electron chi connectivity index (χ0n) is 13.2. The first-order chi connectivity index (χ1) is 11.7. The Kier molecular flexibility index (Phi) is 4.72. The zero-order valence-corrected chi connectivity index (χ0v) is 13.2. The molecule has 0 aliphatic carbocycles. The van der Waals surface area contributed by atoms with Crippen molar-refractivity contribution in [3.8, 4) is 5.75 Å². The molecular formula is C17H17N3O4. The van der Waals surface area contributed by atoms with Crippen molar-refractivity contribution < 1.29 is 19.1 Å². The molecule has 0 unspecified atom stereocenters. The van der Waals surface area contributed by atoms with Crippen LogP contribution in [0.3, 0.4) is 0 Å². The lowest BCUT2D eigenvalue weighted by atomic mass is 10.2. The number of nitrogens with zero attached hydrogens (tertiary/aromatic N) is 3. The van der Waals surface area contributed by atoms with Crippen LogP contribution in [0.1, 0.15) is 16.4 Å². The number of pyridine rings is 1. The Hall–Kier alpha value is -2.93. The quantitative estimate of drug-likeness (QED) is 0.743. The number of carbonyl (C=O) groups excluding carboxylic acids is 1. The van der Waals surface area contributed by atoms with E-state index in [9.17, 15) is 4.79 Å². The lowest BCUT2D eigenvalue weighted by Gasteiger charge is -2.13. The first kappa shape index (κ1) is 15.9. The lowest BCUT2D eigenvalue weighted by Crippen LogP contribution is -2.29. The van der Waals surface area contributed by atoms with Crippen molar-refractivity contribution in [2.24, 2.45) is 0 Å². The molecule has 2 aromatic heterocycles. The van der Waals surface area contributed by atoms with Gasteiger partial charge in [-0.2, -0.15) is 0 Å². The monoisotopic (exact) mass is 327 g/mol. The fourth-order valence-corrected chi connectivity index (χ4v) is 2.25. The van der Waals surface area contributed by atoms with Gasteiger partial charge in [0.2, 0.25) is 5.89 Å². The summed E-state index contributed by atoms with van der Waals surface area (Å²) in [5.74, 6) is 0.603. The Labute approximate surface area is 138 Å². The number of oxazole rings is 1. The van der Waals surface area contributed by atoms with Crippen LogP contribution < -0.4 is 4.74 Å². The van der Waals surface area contributed by atoms with Gasteiger partial charge >= 0.3 is 0 Å². The summed E-state index contributed by atoms with van der Waals surface area (Å²) < 4.78 is 11.0. The van der Waals surface area contributed by atoms with Crippen molar-refractivity contribution in [1.29, 1.82) is 0 Å². The summed E-state index contributed by atoms with van der Waals surface area (Å²) in [5, 5.41) is 9.85. The summed E-state index contributed by atoms with van der Waals surface area (Å²) >= 11 is 0. The summed E-state index contributed by atoms with van der Waals surface area (Å²) in [6, 6.07) is 9.47. The third kappa shape index (κ3) is 3.36. The molecule has 0 bridgehead atoms. The molecule has 1 amide bonds. The zero-order chi connectivity index (χ0) is 16.9. The van der Waals surface area contributed by atoms with Crippen molar-refractivity contribution in [2.45, 2.75) is 6.61 Å². The summed E-state index contributed by atoms with van der Waals surface area (Å²) in [4.78, 5) is 21.8. The molecule has 24 heavy (non-hydrogen) atoms. The number of hydrogen-bond donors (Lipinski definition) is 1. The maximum atomic E-state index is 12.0. The van der Waals surface area contributed by atoms with Crippen LogP contribution in [0.4, 0.5) is 0 Å².